The number of nitrogens with zero attached hydrogens (tertiary/aromatic N) is 3. The second kappa shape index (κ2) is 6.51. The van der Waals surface area contributed by atoms with Crippen LogP contribution in [-0.4, -0.2) is 17.0 Å². The van der Waals surface area contributed by atoms with Gasteiger partial charge in [-0.25, -0.2) is 0 Å². The fraction of sp³-hybridized carbons (Fsp3) is 0.250. The molecule has 4 rings (SSSR count). The molecule has 0 saturated heterocycles. The zero-order valence-electron chi connectivity index (χ0n) is 14.1. The van der Waals surface area contributed by atoms with E-state index in [9.17, 15) is 4.79 Å². The molecule has 1 aliphatic heterocycles. The molecule has 3 aromatic rings. The average Bonchev–Trinajstić information content (AvgIpc) is 3.25. The summed E-state index contributed by atoms with van der Waals surface area (Å²) >= 11 is 0. The molecule has 1 amide bonds. The number of aromatic nitrogens is 1. The first-order chi connectivity index (χ1) is 12.2. The van der Waals surface area contributed by atoms with Crippen molar-refractivity contribution in [1.29, 1.82) is 0 Å². The summed E-state index contributed by atoms with van der Waals surface area (Å²) in [6.45, 7) is 3.17. The lowest BCUT2D eigenvalue weighted by Crippen LogP contribution is -2.05. The van der Waals surface area contributed by atoms with E-state index in [1.807, 2.05) is 18.2 Å². The van der Waals surface area contributed by atoms with E-state index in [1.54, 1.807) is 0 Å². The fourth-order valence-electron chi connectivity index (χ4n) is 3.29. The number of nitrogens with one attached hydrogen (secondary N) is 1. The predicted octanol–water partition coefficient (Wildman–Crippen LogP) is 4.55. The van der Waals surface area contributed by atoms with Crippen LogP contribution in [0.4, 0.5) is 5.69 Å². The summed E-state index contributed by atoms with van der Waals surface area (Å²) in [4.78, 5) is 11.2. The Hall–Kier alpha value is -2.95. The Balaban J connectivity index is 1.54. The first-order valence-electron chi connectivity index (χ1n) is 8.51. The average molecular weight is 332 g/mol. The summed E-state index contributed by atoms with van der Waals surface area (Å²) in [5.74, 6) is -0.0549. The van der Waals surface area contributed by atoms with Crippen LogP contribution in [0.2, 0.25) is 0 Å². The van der Waals surface area contributed by atoms with Crippen LogP contribution < -0.4 is 5.32 Å². The first-order valence-corrected chi connectivity index (χ1v) is 8.51. The van der Waals surface area contributed by atoms with Gasteiger partial charge in [0.15, 0.2) is 0 Å². The maximum absolute atomic E-state index is 11.2. The fourth-order valence-corrected chi connectivity index (χ4v) is 3.29. The number of rotatable bonds is 4. The highest BCUT2D eigenvalue weighted by molar-refractivity contribution is 5.92. The van der Waals surface area contributed by atoms with Crippen LogP contribution >= 0.6 is 0 Å². The maximum Gasteiger partial charge on any atom is 0.221 e. The number of fused-ring (bicyclic) bond motifs is 1. The number of benzene rings is 2. The van der Waals surface area contributed by atoms with E-state index in [4.69, 9.17) is 0 Å². The van der Waals surface area contributed by atoms with Gasteiger partial charge >= 0.3 is 0 Å². The van der Waals surface area contributed by atoms with E-state index in [-0.39, 0.29) is 11.9 Å². The van der Waals surface area contributed by atoms with Crippen molar-refractivity contribution in [2.45, 2.75) is 25.9 Å². The molecule has 1 aliphatic rings. The maximum atomic E-state index is 11.2. The van der Waals surface area contributed by atoms with Crippen molar-refractivity contribution in [1.82, 2.24) is 4.57 Å². The van der Waals surface area contributed by atoms with E-state index in [2.05, 4.69) is 56.6 Å². The number of hydrogen-bond donors (Lipinski definition) is 1. The number of hydrogen-bond acceptors (Lipinski definition) is 3. The van der Waals surface area contributed by atoms with Gasteiger partial charge in [-0.05, 0) is 41.8 Å². The van der Waals surface area contributed by atoms with Crippen LogP contribution in [0.25, 0.3) is 10.9 Å². The molecule has 0 spiro atoms. The van der Waals surface area contributed by atoms with Gasteiger partial charge in [-0.3, -0.25) is 4.79 Å². The van der Waals surface area contributed by atoms with Gasteiger partial charge in [0.25, 0.3) is 0 Å². The molecule has 5 heteroatoms. The zero-order chi connectivity index (χ0) is 17.2. The minimum absolute atomic E-state index is 0.0549. The third kappa shape index (κ3) is 3.31. The Morgan fingerprint density at radius 3 is 2.76 bits per heavy atom. The SMILES string of the molecule is CC(=O)Nc1ccc2c(ccn2Cc2ccc(C3CCN=N3)cc2)c1. The van der Waals surface area contributed by atoms with Gasteiger partial charge in [0.2, 0.25) is 5.91 Å². The number of azo groups is 1. The molecule has 126 valence electrons. The second-order valence-electron chi connectivity index (χ2n) is 6.42. The lowest BCUT2D eigenvalue weighted by Gasteiger charge is -2.09. The van der Waals surface area contributed by atoms with E-state index in [1.165, 1.54) is 18.1 Å². The Kier molecular flexibility index (Phi) is 4.06. The van der Waals surface area contributed by atoms with Crippen molar-refractivity contribution in [2.24, 2.45) is 10.2 Å². The molecule has 2 aromatic carbocycles. The van der Waals surface area contributed by atoms with Gasteiger partial charge in [0, 0.05) is 36.3 Å². The molecule has 1 N–H and O–H groups in total. The molecule has 0 bridgehead atoms. The summed E-state index contributed by atoms with van der Waals surface area (Å²) in [5, 5.41) is 12.3. The monoisotopic (exact) mass is 332 g/mol. The van der Waals surface area contributed by atoms with E-state index < -0.39 is 0 Å². The van der Waals surface area contributed by atoms with Crippen LogP contribution in [0.3, 0.4) is 0 Å². The Bertz CT molecular complexity index is 940. The molecular weight excluding hydrogens is 312 g/mol. The van der Waals surface area contributed by atoms with E-state index in [0.29, 0.717) is 0 Å². The van der Waals surface area contributed by atoms with Crippen molar-refractivity contribution in [3.8, 4) is 0 Å². The molecule has 0 fully saturated rings. The molecule has 1 atom stereocenters. The third-order valence-electron chi connectivity index (χ3n) is 4.53. The largest absolute Gasteiger partial charge is 0.343 e. The van der Waals surface area contributed by atoms with Gasteiger partial charge in [-0.15, -0.1) is 0 Å². The first kappa shape index (κ1) is 15.6. The Morgan fingerprint density at radius 2 is 2.04 bits per heavy atom. The Labute approximate surface area is 146 Å². The molecule has 0 saturated carbocycles. The zero-order valence-corrected chi connectivity index (χ0v) is 14.1. The van der Waals surface area contributed by atoms with Crippen molar-refractivity contribution < 1.29 is 4.79 Å². The summed E-state index contributed by atoms with van der Waals surface area (Å²) in [5.41, 5.74) is 4.47. The molecular formula is C20H20N4O. The normalized spacial score (nSPS) is 16.4. The number of carbonyl (C=O) groups excluding carboxylic acids is 1. The topological polar surface area (TPSA) is 58.8 Å². The van der Waals surface area contributed by atoms with Gasteiger partial charge in [-0.1, -0.05) is 24.3 Å². The van der Waals surface area contributed by atoms with Crippen LogP contribution in [-0.2, 0) is 11.3 Å². The highest BCUT2D eigenvalue weighted by Crippen LogP contribution is 2.27. The highest BCUT2D eigenvalue weighted by Gasteiger charge is 2.14. The minimum Gasteiger partial charge on any atom is -0.343 e. The lowest BCUT2D eigenvalue weighted by atomic mass is 10.0. The molecule has 25 heavy (non-hydrogen) atoms. The molecule has 0 radical (unpaired) electrons. The number of anilines is 1. The van der Waals surface area contributed by atoms with Crippen molar-refractivity contribution in [2.75, 3.05) is 11.9 Å². The molecule has 5 nitrogen and oxygen atoms in total. The lowest BCUT2D eigenvalue weighted by molar-refractivity contribution is -0.114. The van der Waals surface area contributed by atoms with E-state index >= 15 is 0 Å². The van der Waals surface area contributed by atoms with Crippen LogP contribution in [0.5, 0.6) is 0 Å². The highest BCUT2D eigenvalue weighted by atomic mass is 16.1. The van der Waals surface area contributed by atoms with Crippen molar-refractivity contribution in [3.63, 3.8) is 0 Å². The van der Waals surface area contributed by atoms with Gasteiger partial charge in [0.1, 0.15) is 0 Å². The third-order valence-corrected chi connectivity index (χ3v) is 4.53. The summed E-state index contributed by atoms with van der Waals surface area (Å²) in [6.07, 6.45) is 3.10. The summed E-state index contributed by atoms with van der Waals surface area (Å²) < 4.78 is 2.22. The van der Waals surface area contributed by atoms with Crippen LogP contribution in [0.1, 0.15) is 30.5 Å². The predicted molar refractivity (Wildman–Crippen MR) is 98.9 cm³/mol. The summed E-state index contributed by atoms with van der Waals surface area (Å²) in [7, 11) is 0. The standard InChI is InChI=1S/C20H20N4O/c1-14(25)22-18-6-7-20-17(12-18)9-11-24(20)13-15-2-4-16(5-3-15)19-8-10-21-23-19/h2-7,9,11-12,19H,8,10,13H2,1H3,(H,22,25). The Morgan fingerprint density at radius 1 is 1.20 bits per heavy atom. The molecule has 2 heterocycles. The van der Waals surface area contributed by atoms with Crippen molar-refractivity contribution in [3.05, 3.63) is 65.9 Å². The molecule has 1 aromatic heterocycles. The number of carbonyl (C=O) groups is 1. The minimum atomic E-state index is -0.0549. The van der Waals surface area contributed by atoms with Gasteiger partial charge < -0.3 is 9.88 Å². The molecule has 0 aliphatic carbocycles. The smallest absolute Gasteiger partial charge is 0.221 e. The summed E-state index contributed by atoms with van der Waals surface area (Å²) in [6, 6.07) is 16.9. The number of amides is 1. The van der Waals surface area contributed by atoms with Gasteiger partial charge in [0.05, 0.1) is 12.6 Å². The van der Waals surface area contributed by atoms with Crippen LogP contribution in [0.15, 0.2) is 65.0 Å². The molecule has 1 unspecified atom stereocenters. The van der Waals surface area contributed by atoms with Crippen LogP contribution in [0, 0.1) is 0 Å². The second-order valence-corrected chi connectivity index (χ2v) is 6.42. The van der Waals surface area contributed by atoms with Gasteiger partial charge in [-0.2, -0.15) is 10.2 Å². The van der Waals surface area contributed by atoms with Crippen molar-refractivity contribution >= 4 is 22.5 Å². The van der Waals surface area contributed by atoms with E-state index in [0.717, 1.165) is 36.1 Å². The quantitative estimate of drug-likeness (QED) is 0.749.